The first kappa shape index (κ1) is 29.4. The molecule has 7 aromatic rings. The lowest BCUT2D eigenvalue weighted by atomic mass is 9.62. The molecular weight excluding hydrogens is 619 g/mol. The predicted molar refractivity (Wildman–Crippen MR) is 214 cm³/mol. The molecule has 248 valence electrons. The topological polar surface area (TPSA) is 18.1 Å². The number of allylic oxidation sites excluding steroid dienone is 8. The zero-order chi connectivity index (χ0) is 34.4. The summed E-state index contributed by atoms with van der Waals surface area (Å²) < 4.78 is 9.39. The Bertz CT molecular complexity index is 2820. The van der Waals surface area contributed by atoms with Crippen molar-refractivity contribution >= 4 is 49.3 Å². The highest BCUT2D eigenvalue weighted by molar-refractivity contribution is 6.26. The van der Waals surface area contributed by atoms with Crippen molar-refractivity contribution in [3.8, 4) is 16.8 Å². The maximum atomic E-state index is 6.89. The molecule has 0 saturated heterocycles. The van der Waals surface area contributed by atoms with Gasteiger partial charge >= 0.3 is 0 Å². The van der Waals surface area contributed by atoms with Crippen molar-refractivity contribution < 1.29 is 4.42 Å². The summed E-state index contributed by atoms with van der Waals surface area (Å²) in [6.45, 7) is 12.1. The van der Waals surface area contributed by atoms with Crippen molar-refractivity contribution in [3.05, 3.63) is 155 Å². The van der Waals surface area contributed by atoms with Crippen molar-refractivity contribution in [2.75, 3.05) is 0 Å². The number of aromatic nitrogens is 1. The molecular formula is C49H41NO. The zero-order valence-corrected chi connectivity index (χ0v) is 30.0. The molecule has 2 aromatic heterocycles. The van der Waals surface area contributed by atoms with Crippen LogP contribution in [0.25, 0.3) is 66.1 Å². The van der Waals surface area contributed by atoms with E-state index >= 15 is 0 Å². The maximum absolute atomic E-state index is 6.89. The molecule has 0 aliphatic heterocycles. The van der Waals surface area contributed by atoms with Crippen molar-refractivity contribution in [3.63, 3.8) is 0 Å². The van der Waals surface area contributed by atoms with Crippen LogP contribution in [-0.2, 0) is 10.8 Å². The largest absolute Gasteiger partial charge is 0.454 e. The quantitative estimate of drug-likeness (QED) is 0.181. The third kappa shape index (κ3) is 3.58. The lowest BCUT2D eigenvalue weighted by Crippen LogP contribution is -2.36. The second kappa shape index (κ2) is 9.70. The molecule has 11 rings (SSSR count). The number of hydrogen-bond donors (Lipinski definition) is 0. The summed E-state index contributed by atoms with van der Waals surface area (Å²) in [5.41, 5.74) is 16.6. The van der Waals surface area contributed by atoms with Crippen LogP contribution in [0.3, 0.4) is 0 Å². The number of furan rings is 1. The molecule has 4 aliphatic carbocycles. The molecule has 4 aliphatic rings. The first-order valence-corrected chi connectivity index (χ1v) is 18.6. The molecule has 2 atom stereocenters. The Morgan fingerprint density at radius 2 is 1.57 bits per heavy atom. The highest BCUT2D eigenvalue weighted by atomic mass is 16.3. The van der Waals surface area contributed by atoms with Crippen LogP contribution in [0.15, 0.2) is 137 Å². The number of hydrogen-bond acceptors (Lipinski definition) is 1. The summed E-state index contributed by atoms with van der Waals surface area (Å²) in [5, 5.41) is 4.81. The Morgan fingerprint density at radius 3 is 2.45 bits per heavy atom. The molecule has 0 spiro atoms. The van der Waals surface area contributed by atoms with Gasteiger partial charge in [0.05, 0.1) is 11.0 Å². The van der Waals surface area contributed by atoms with Crippen LogP contribution in [0.2, 0.25) is 0 Å². The van der Waals surface area contributed by atoms with Crippen LogP contribution in [0.4, 0.5) is 0 Å². The number of para-hydroxylation sites is 2. The SMILES string of the molecule is CC1(C)C2=C(C=CCC2)c2ccc(-c3cc4c5ccccc5oc4c4c3c3ccccc3n4-c3ccc4c(c3)C(C)(C)C3(C)C=CC=CC43)cc21. The van der Waals surface area contributed by atoms with Crippen LogP contribution >= 0.6 is 0 Å². The molecule has 0 radical (unpaired) electrons. The van der Waals surface area contributed by atoms with Gasteiger partial charge in [-0.2, -0.15) is 0 Å². The molecule has 0 fully saturated rings. The van der Waals surface area contributed by atoms with Crippen LogP contribution in [0, 0.1) is 5.41 Å². The van der Waals surface area contributed by atoms with Crippen molar-refractivity contribution in [2.45, 2.75) is 64.2 Å². The second-order valence-corrected chi connectivity index (χ2v) is 16.6. The third-order valence-corrected chi connectivity index (χ3v) is 13.7. The number of benzene rings is 5. The van der Waals surface area contributed by atoms with Crippen LogP contribution in [0.5, 0.6) is 0 Å². The molecule has 2 heterocycles. The van der Waals surface area contributed by atoms with Gasteiger partial charge in [0.15, 0.2) is 5.58 Å². The molecule has 0 N–H and O–H groups in total. The minimum absolute atomic E-state index is 0.000401. The van der Waals surface area contributed by atoms with E-state index in [-0.39, 0.29) is 16.2 Å². The Hall–Kier alpha value is -5.34. The Kier molecular flexibility index (Phi) is 5.59. The van der Waals surface area contributed by atoms with Crippen LogP contribution < -0.4 is 0 Å². The Morgan fingerprint density at radius 1 is 0.745 bits per heavy atom. The van der Waals surface area contributed by atoms with Crippen molar-refractivity contribution in [1.82, 2.24) is 4.57 Å². The number of fused-ring (bicyclic) bond motifs is 12. The summed E-state index contributed by atoms with van der Waals surface area (Å²) in [5.74, 6) is 0.369. The van der Waals surface area contributed by atoms with Gasteiger partial charge in [-0.05, 0) is 93.6 Å². The number of rotatable bonds is 2. The summed E-state index contributed by atoms with van der Waals surface area (Å²) in [6, 6.07) is 34.4. The fraction of sp³-hybridized carbons (Fsp3) is 0.224. The second-order valence-electron chi connectivity index (χ2n) is 16.6. The smallest absolute Gasteiger partial charge is 0.160 e. The summed E-state index contributed by atoms with van der Waals surface area (Å²) in [4.78, 5) is 0. The molecule has 0 amide bonds. The predicted octanol–water partition coefficient (Wildman–Crippen LogP) is 13.3. The van der Waals surface area contributed by atoms with Gasteiger partial charge in [-0.3, -0.25) is 0 Å². The molecule has 5 aromatic carbocycles. The van der Waals surface area contributed by atoms with Gasteiger partial charge in [0, 0.05) is 44.0 Å². The first-order valence-electron chi connectivity index (χ1n) is 18.6. The van der Waals surface area contributed by atoms with Crippen molar-refractivity contribution in [1.29, 1.82) is 0 Å². The van der Waals surface area contributed by atoms with Gasteiger partial charge < -0.3 is 8.98 Å². The van der Waals surface area contributed by atoms with Crippen LogP contribution in [-0.4, -0.2) is 4.57 Å². The molecule has 2 unspecified atom stereocenters. The zero-order valence-electron chi connectivity index (χ0n) is 30.0. The highest BCUT2D eigenvalue weighted by Gasteiger charge is 2.53. The summed E-state index contributed by atoms with van der Waals surface area (Å²) >= 11 is 0. The summed E-state index contributed by atoms with van der Waals surface area (Å²) in [7, 11) is 0. The van der Waals surface area contributed by atoms with E-state index in [1.807, 2.05) is 0 Å². The normalized spacial score (nSPS) is 22.3. The van der Waals surface area contributed by atoms with E-state index in [4.69, 9.17) is 4.42 Å². The molecule has 2 nitrogen and oxygen atoms in total. The van der Waals surface area contributed by atoms with E-state index in [1.165, 1.54) is 60.9 Å². The lowest BCUT2D eigenvalue weighted by molar-refractivity contribution is 0.244. The van der Waals surface area contributed by atoms with Gasteiger partial charge in [0.25, 0.3) is 0 Å². The van der Waals surface area contributed by atoms with E-state index in [2.05, 4.69) is 167 Å². The average Bonchev–Trinajstić information content (AvgIpc) is 3.81. The number of nitrogens with zero attached hydrogens (tertiary/aromatic N) is 1. The molecule has 51 heavy (non-hydrogen) atoms. The van der Waals surface area contributed by atoms with Gasteiger partial charge in [0.2, 0.25) is 0 Å². The monoisotopic (exact) mass is 659 g/mol. The maximum Gasteiger partial charge on any atom is 0.160 e. The molecule has 0 saturated carbocycles. The first-order chi connectivity index (χ1) is 24.7. The summed E-state index contributed by atoms with van der Waals surface area (Å²) in [6.07, 6.45) is 16.3. The van der Waals surface area contributed by atoms with Gasteiger partial charge in [0.1, 0.15) is 5.58 Å². The molecule has 0 bridgehead atoms. The fourth-order valence-corrected chi connectivity index (χ4v) is 10.6. The van der Waals surface area contributed by atoms with E-state index in [1.54, 1.807) is 5.57 Å². The minimum atomic E-state index is -0.0392. The van der Waals surface area contributed by atoms with Gasteiger partial charge in [-0.1, -0.05) is 131 Å². The van der Waals surface area contributed by atoms with Crippen molar-refractivity contribution in [2.24, 2.45) is 5.41 Å². The fourth-order valence-electron chi connectivity index (χ4n) is 10.6. The van der Waals surface area contributed by atoms with E-state index in [0.717, 1.165) is 40.3 Å². The Balaban J connectivity index is 1.24. The third-order valence-electron chi connectivity index (χ3n) is 13.7. The average molecular weight is 660 g/mol. The van der Waals surface area contributed by atoms with E-state index in [9.17, 15) is 0 Å². The lowest BCUT2D eigenvalue weighted by Gasteiger charge is -2.41. The standard InChI is InChI=1S/C49H41NO/c1-47(2)38-17-9-6-14-31(38)32-23-21-29(26-40(32)47)36-28-37-33-15-8-11-20-43(33)51-46(37)45-44(36)35-16-7-10-19-42(35)50(45)30-22-24-34-39-18-12-13-25-49(39,5)48(3,4)41(34)27-30/h6-8,10-16,18-28,39H,9,17H2,1-5H3. The van der Waals surface area contributed by atoms with E-state index in [0.29, 0.717) is 5.92 Å². The van der Waals surface area contributed by atoms with Crippen LogP contribution in [0.1, 0.15) is 75.6 Å². The van der Waals surface area contributed by atoms with E-state index < -0.39 is 0 Å². The van der Waals surface area contributed by atoms with Gasteiger partial charge in [-0.15, -0.1) is 0 Å². The van der Waals surface area contributed by atoms with Gasteiger partial charge in [-0.25, -0.2) is 0 Å². The molecule has 2 heteroatoms. The minimum Gasteiger partial charge on any atom is -0.454 e. The highest BCUT2D eigenvalue weighted by Crippen LogP contribution is 2.61. The Labute approximate surface area is 299 Å².